The van der Waals surface area contributed by atoms with E-state index in [4.69, 9.17) is 5.11 Å². The molecule has 1 fully saturated rings. The number of aliphatic hydroxyl groups is 2. The number of aliphatic hydroxyl groups excluding tert-OH is 2. The molecule has 1 saturated carbocycles. The molecule has 0 bridgehead atoms. The summed E-state index contributed by atoms with van der Waals surface area (Å²) in [5.74, 6) is 1.55. The first-order chi connectivity index (χ1) is 13.2. The van der Waals surface area contributed by atoms with Gasteiger partial charge in [-0.05, 0) is 25.3 Å². The highest BCUT2D eigenvalue weighted by Gasteiger charge is 2.21. The zero-order valence-electron chi connectivity index (χ0n) is 15.8. The van der Waals surface area contributed by atoms with E-state index in [1.165, 1.54) is 32.1 Å². The van der Waals surface area contributed by atoms with Crippen LogP contribution in [-0.4, -0.2) is 48.0 Å². The molecule has 2 aliphatic rings. The zero-order valence-corrected chi connectivity index (χ0v) is 15.8. The smallest absolute Gasteiger partial charge is 0.131 e. The van der Waals surface area contributed by atoms with Gasteiger partial charge in [-0.1, -0.05) is 19.3 Å². The largest absolute Gasteiger partial charge is 0.393 e. The van der Waals surface area contributed by atoms with Gasteiger partial charge in [-0.2, -0.15) is 5.10 Å². The molecular weight excluding hydrogens is 342 g/mol. The minimum Gasteiger partial charge on any atom is -0.393 e. The van der Waals surface area contributed by atoms with Crippen LogP contribution in [0.5, 0.6) is 0 Å². The Balaban J connectivity index is 1.41. The van der Waals surface area contributed by atoms with Crippen LogP contribution in [-0.2, 0) is 19.6 Å². The normalized spacial score (nSPS) is 20.2. The van der Waals surface area contributed by atoms with Crippen LogP contribution < -0.4 is 0 Å². The molecule has 0 spiro atoms. The molecule has 4 rings (SSSR count). The third-order valence-corrected chi connectivity index (χ3v) is 5.73. The summed E-state index contributed by atoms with van der Waals surface area (Å²) in [6.45, 7) is 3.11. The molecule has 1 unspecified atom stereocenters. The molecular formula is C20H29N5O2. The van der Waals surface area contributed by atoms with E-state index >= 15 is 0 Å². The minimum absolute atomic E-state index is 0.301. The van der Waals surface area contributed by atoms with Crippen molar-refractivity contribution >= 4 is 0 Å². The molecule has 0 saturated heterocycles. The predicted molar refractivity (Wildman–Crippen MR) is 101 cm³/mol. The van der Waals surface area contributed by atoms with E-state index in [1.807, 2.05) is 23.1 Å². The fourth-order valence-corrected chi connectivity index (χ4v) is 4.22. The third kappa shape index (κ3) is 4.36. The molecule has 27 heavy (non-hydrogen) atoms. The van der Waals surface area contributed by atoms with Crippen molar-refractivity contribution in [3.63, 3.8) is 0 Å². The van der Waals surface area contributed by atoms with Gasteiger partial charge < -0.3 is 10.2 Å². The summed E-state index contributed by atoms with van der Waals surface area (Å²) in [5.41, 5.74) is 2.77. The molecule has 1 aliphatic carbocycles. The van der Waals surface area contributed by atoms with Crippen LogP contribution >= 0.6 is 0 Å². The van der Waals surface area contributed by atoms with Gasteiger partial charge in [-0.15, -0.1) is 0 Å². The Morgan fingerprint density at radius 2 is 1.85 bits per heavy atom. The maximum Gasteiger partial charge on any atom is 0.131 e. The van der Waals surface area contributed by atoms with Crippen molar-refractivity contribution in [2.45, 2.75) is 70.2 Å². The lowest BCUT2D eigenvalue weighted by Gasteiger charge is -2.21. The summed E-state index contributed by atoms with van der Waals surface area (Å²) >= 11 is 0. The number of hydrogen-bond acceptors (Lipinski definition) is 6. The molecule has 0 radical (unpaired) electrons. The second kappa shape index (κ2) is 8.46. The summed E-state index contributed by atoms with van der Waals surface area (Å²) in [6.07, 6.45) is 10.4. The van der Waals surface area contributed by atoms with Gasteiger partial charge in [0, 0.05) is 50.1 Å². The van der Waals surface area contributed by atoms with Crippen molar-refractivity contribution in [2.24, 2.45) is 0 Å². The van der Waals surface area contributed by atoms with Crippen LogP contribution in [0.4, 0.5) is 0 Å². The van der Waals surface area contributed by atoms with Gasteiger partial charge in [-0.25, -0.2) is 9.97 Å². The monoisotopic (exact) mass is 371 g/mol. The summed E-state index contributed by atoms with van der Waals surface area (Å²) in [4.78, 5) is 11.7. The Bertz CT molecular complexity index is 739. The molecule has 3 heterocycles. The molecule has 2 aromatic heterocycles. The van der Waals surface area contributed by atoms with Crippen LogP contribution in [0, 0.1) is 0 Å². The molecule has 1 aliphatic heterocycles. The highest BCUT2D eigenvalue weighted by atomic mass is 16.3. The van der Waals surface area contributed by atoms with Crippen molar-refractivity contribution < 1.29 is 10.2 Å². The van der Waals surface area contributed by atoms with E-state index < -0.39 is 6.10 Å². The molecule has 7 heteroatoms. The molecule has 1 atom stereocenters. The fourth-order valence-electron chi connectivity index (χ4n) is 4.22. The SMILES string of the molecule is OCC(O)c1cc2n(n1)CCCN(Cc1cnc(C3CCCCC3)nc1)C2. The second-order valence-electron chi connectivity index (χ2n) is 7.83. The summed E-state index contributed by atoms with van der Waals surface area (Å²) in [5, 5.41) is 23.4. The minimum atomic E-state index is -0.904. The topological polar surface area (TPSA) is 87.3 Å². The van der Waals surface area contributed by atoms with Crippen molar-refractivity contribution in [3.05, 3.63) is 41.2 Å². The van der Waals surface area contributed by atoms with E-state index in [-0.39, 0.29) is 6.61 Å². The Hall–Kier alpha value is -1.83. The van der Waals surface area contributed by atoms with Crippen LogP contribution in [0.25, 0.3) is 0 Å². The van der Waals surface area contributed by atoms with Gasteiger partial charge in [0.2, 0.25) is 0 Å². The molecule has 146 valence electrons. The molecule has 2 aromatic rings. The maximum atomic E-state index is 9.83. The Morgan fingerprint density at radius 3 is 2.59 bits per heavy atom. The Morgan fingerprint density at radius 1 is 1.07 bits per heavy atom. The highest BCUT2D eigenvalue weighted by Crippen LogP contribution is 2.30. The van der Waals surface area contributed by atoms with Gasteiger partial charge in [-0.3, -0.25) is 9.58 Å². The van der Waals surface area contributed by atoms with Gasteiger partial charge in [0.1, 0.15) is 11.9 Å². The molecule has 7 nitrogen and oxygen atoms in total. The average molecular weight is 371 g/mol. The van der Waals surface area contributed by atoms with E-state index in [2.05, 4.69) is 20.0 Å². The van der Waals surface area contributed by atoms with E-state index in [9.17, 15) is 5.11 Å². The highest BCUT2D eigenvalue weighted by molar-refractivity contribution is 5.14. The lowest BCUT2D eigenvalue weighted by Crippen LogP contribution is -2.23. The van der Waals surface area contributed by atoms with Crippen molar-refractivity contribution in [1.82, 2.24) is 24.6 Å². The molecule has 0 amide bonds. The van der Waals surface area contributed by atoms with Crippen LogP contribution in [0.1, 0.15) is 73.3 Å². The van der Waals surface area contributed by atoms with Crippen molar-refractivity contribution in [2.75, 3.05) is 13.2 Å². The van der Waals surface area contributed by atoms with Crippen molar-refractivity contribution in [3.8, 4) is 0 Å². The van der Waals surface area contributed by atoms with Crippen LogP contribution in [0.3, 0.4) is 0 Å². The van der Waals surface area contributed by atoms with E-state index in [0.717, 1.165) is 49.7 Å². The number of rotatable bonds is 5. The molecule has 2 N–H and O–H groups in total. The third-order valence-electron chi connectivity index (χ3n) is 5.73. The lowest BCUT2D eigenvalue weighted by atomic mass is 9.89. The number of hydrogen-bond donors (Lipinski definition) is 2. The summed E-state index contributed by atoms with van der Waals surface area (Å²) in [6, 6.07) is 1.90. The number of fused-ring (bicyclic) bond motifs is 1. The number of aryl methyl sites for hydroxylation is 1. The average Bonchev–Trinajstić information content (AvgIpc) is 3.02. The summed E-state index contributed by atoms with van der Waals surface area (Å²) in [7, 11) is 0. The van der Waals surface area contributed by atoms with Gasteiger partial charge in [0.05, 0.1) is 18.0 Å². The van der Waals surface area contributed by atoms with Crippen LogP contribution in [0.2, 0.25) is 0 Å². The van der Waals surface area contributed by atoms with E-state index in [1.54, 1.807) is 0 Å². The standard InChI is InChI=1S/C20H29N5O2/c26-14-19(27)18-9-17-13-24(7-4-8-25(17)23-18)12-15-10-21-20(22-11-15)16-5-2-1-3-6-16/h9-11,16,19,26-27H,1-8,12-14H2. The second-order valence-corrected chi connectivity index (χ2v) is 7.83. The first-order valence-electron chi connectivity index (χ1n) is 10.1. The first-order valence-corrected chi connectivity index (χ1v) is 10.1. The zero-order chi connectivity index (χ0) is 18.6. The Kier molecular flexibility index (Phi) is 5.80. The van der Waals surface area contributed by atoms with Gasteiger partial charge in [0.25, 0.3) is 0 Å². The van der Waals surface area contributed by atoms with E-state index in [0.29, 0.717) is 11.6 Å². The summed E-state index contributed by atoms with van der Waals surface area (Å²) < 4.78 is 1.96. The van der Waals surface area contributed by atoms with Crippen molar-refractivity contribution in [1.29, 1.82) is 0 Å². The number of aromatic nitrogens is 4. The predicted octanol–water partition coefficient (Wildman–Crippen LogP) is 2.15. The molecule has 0 aromatic carbocycles. The van der Waals surface area contributed by atoms with Gasteiger partial charge >= 0.3 is 0 Å². The maximum absolute atomic E-state index is 9.83. The number of nitrogens with zero attached hydrogens (tertiary/aromatic N) is 5. The Labute approximate surface area is 160 Å². The van der Waals surface area contributed by atoms with Crippen LogP contribution in [0.15, 0.2) is 18.5 Å². The lowest BCUT2D eigenvalue weighted by molar-refractivity contribution is 0.0916. The fraction of sp³-hybridized carbons (Fsp3) is 0.650. The van der Waals surface area contributed by atoms with Gasteiger partial charge in [0.15, 0.2) is 0 Å². The quantitative estimate of drug-likeness (QED) is 0.837. The first kappa shape index (κ1) is 18.5.